The summed E-state index contributed by atoms with van der Waals surface area (Å²) in [5.41, 5.74) is 7.45. The number of carbonyl (C=O) groups excluding carboxylic acids is 1. The minimum absolute atomic E-state index is 0.420. The van der Waals surface area contributed by atoms with Crippen molar-refractivity contribution in [1.82, 2.24) is 14.8 Å². The quantitative estimate of drug-likeness (QED) is 0.829. The molecule has 8 heteroatoms. The molecule has 2 aromatic rings. The fraction of sp³-hybridized carbons (Fsp3) is 0.250. The number of hydrogen-bond acceptors (Lipinski definition) is 6. The van der Waals surface area contributed by atoms with Gasteiger partial charge in [-0.25, -0.2) is 4.68 Å². The van der Waals surface area contributed by atoms with E-state index >= 15 is 0 Å². The highest BCUT2D eigenvalue weighted by Gasteiger charge is 2.33. The van der Waals surface area contributed by atoms with Crippen molar-refractivity contribution in [2.24, 2.45) is 5.73 Å². The van der Waals surface area contributed by atoms with E-state index in [1.165, 1.54) is 11.8 Å². The fourth-order valence-electron chi connectivity index (χ4n) is 2.28. The van der Waals surface area contributed by atoms with Gasteiger partial charge in [0.1, 0.15) is 6.04 Å². The second kappa shape index (κ2) is 4.71. The van der Waals surface area contributed by atoms with Crippen LogP contribution in [0.3, 0.4) is 0 Å². The van der Waals surface area contributed by atoms with Crippen molar-refractivity contribution >= 4 is 23.6 Å². The van der Waals surface area contributed by atoms with Crippen molar-refractivity contribution in [3.63, 3.8) is 0 Å². The van der Waals surface area contributed by atoms with Crippen LogP contribution in [-0.2, 0) is 4.79 Å². The lowest BCUT2D eigenvalue weighted by Gasteiger charge is -2.26. The van der Waals surface area contributed by atoms with Crippen LogP contribution in [0.5, 0.6) is 0 Å². The summed E-state index contributed by atoms with van der Waals surface area (Å²) in [5.74, 6) is 0.0936. The van der Waals surface area contributed by atoms with Gasteiger partial charge in [-0.3, -0.25) is 4.79 Å². The first-order valence-corrected chi connectivity index (χ1v) is 7.14. The summed E-state index contributed by atoms with van der Waals surface area (Å²) < 4.78 is 6.77. The Labute approximate surface area is 119 Å². The summed E-state index contributed by atoms with van der Waals surface area (Å²) >= 11 is 1.43. The van der Waals surface area contributed by atoms with Crippen LogP contribution in [0.1, 0.15) is 18.5 Å². The molecule has 3 N–H and O–H groups in total. The van der Waals surface area contributed by atoms with Crippen molar-refractivity contribution in [3.05, 3.63) is 35.4 Å². The molecule has 0 radical (unpaired) electrons. The molecule has 0 saturated heterocycles. The van der Waals surface area contributed by atoms with Gasteiger partial charge in [-0.1, -0.05) is 11.8 Å². The van der Waals surface area contributed by atoms with E-state index in [0.29, 0.717) is 22.4 Å². The second-order valence-corrected chi connectivity index (χ2v) is 5.13. The van der Waals surface area contributed by atoms with E-state index in [9.17, 15) is 4.79 Å². The van der Waals surface area contributed by atoms with E-state index in [1.807, 2.05) is 6.26 Å². The molecule has 1 amide bonds. The summed E-state index contributed by atoms with van der Waals surface area (Å²) in [6.07, 6.45) is 5.03. The minimum atomic E-state index is -0.493. The first kappa shape index (κ1) is 12.8. The third kappa shape index (κ3) is 1.88. The molecule has 3 rings (SSSR count). The van der Waals surface area contributed by atoms with Crippen molar-refractivity contribution < 1.29 is 9.21 Å². The van der Waals surface area contributed by atoms with Gasteiger partial charge in [0.25, 0.3) is 0 Å². The lowest BCUT2D eigenvalue weighted by Crippen LogP contribution is -2.31. The Balaban J connectivity index is 2.19. The Kier molecular flexibility index (Phi) is 3.01. The maximum absolute atomic E-state index is 11.8. The molecule has 0 fully saturated rings. The Hall–Kier alpha value is -2.22. The third-order valence-corrected chi connectivity index (χ3v) is 3.68. The molecule has 7 nitrogen and oxygen atoms in total. The highest BCUT2D eigenvalue weighted by molar-refractivity contribution is 7.98. The van der Waals surface area contributed by atoms with Crippen LogP contribution in [0.4, 0.5) is 5.95 Å². The van der Waals surface area contributed by atoms with Crippen LogP contribution >= 0.6 is 11.8 Å². The number of thioether (sulfide) groups is 1. The molecule has 0 spiro atoms. The molecular formula is C12H13N5O2S. The molecule has 104 valence electrons. The maximum atomic E-state index is 11.8. The van der Waals surface area contributed by atoms with Gasteiger partial charge >= 0.3 is 0 Å². The smallest absolute Gasteiger partial charge is 0.248 e. The number of anilines is 1. The van der Waals surface area contributed by atoms with E-state index in [0.717, 1.165) is 5.56 Å². The zero-order chi connectivity index (χ0) is 14.3. The average molecular weight is 291 g/mol. The molecule has 3 heterocycles. The Bertz CT molecular complexity index is 689. The average Bonchev–Trinajstić information content (AvgIpc) is 3.05. The van der Waals surface area contributed by atoms with Gasteiger partial charge < -0.3 is 15.5 Å². The van der Waals surface area contributed by atoms with E-state index in [4.69, 9.17) is 10.2 Å². The lowest BCUT2D eigenvalue weighted by atomic mass is 9.97. The Morgan fingerprint density at radius 3 is 3.00 bits per heavy atom. The highest BCUT2D eigenvalue weighted by Crippen LogP contribution is 2.35. The molecule has 0 saturated carbocycles. The maximum Gasteiger partial charge on any atom is 0.248 e. The summed E-state index contributed by atoms with van der Waals surface area (Å²) in [6.45, 7) is 1.80. The monoisotopic (exact) mass is 291 g/mol. The van der Waals surface area contributed by atoms with Gasteiger partial charge in [0, 0.05) is 11.3 Å². The summed E-state index contributed by atoms with van der Waals surface area (Å²) in [7, 11) is 0. The minimum Gasteiger partial charge on any atom is -0.472 e. The topological polar surface area (TPSA) is 99.0 Å². The first-order chi connectivity index (χ1) is 9.61. The Morgan fingerprint density at radius 2 is 2.40 bits per heavy atom. The molecule has 2 aromatic heterocycles. The molecule has 0 bridgehead atoms. The number of amides is 1. The number of furan rings is 1. The number of nitrogens with two attached hydrogens (primary N) is 1. The number of rotatable bonds is 3. The van der Waals surface area contributed by atoms with Crippen molar-refractivity contribution in [1.29, 1.82) is 0 Å². The summed E-state index contributed by atoms with van der Waals surface area (Å²) in [6, 6.07) is 1.37. The second-order valence-electron chi connectivity index (χ2n) is 4.35. The van der Waals surface area contributed by atoms with Crippen molar-refractivity contribution in [3.8, 4) is 0 Å². The molecule has 20 heavy (non-hydrogen) atoms. The molecule has 0 aliphatic carbocycles. The van der Waals surface area contributed by atoms with E-state index in [2.05, 4.69) is 15.4 Å². The predicted octanol–water partition coefficient (Wildman–Crippen LogP) is 1.37. The van der Waals surface area contributed by atoms with Crippen LogP contribution in [-0.4, -0.2) is 26.9 Å². The predicted molar refractivity (Wildman–Crippen MR) is 74.2 cm³/mol. The fourth-order valence-corrected chi connectivity index (χ4v) is 2.62. The largest absolute Gasteiger partial charge is 0.472 e. The number of aromatic nitrogens is 3. The molecular weight excluding hydrogens is 278 g/mol. The molecule has 1 unspecified atom stereocenters. The van der Waals surface area contributed by atoms with Crippen LogP contribution in [0.2, 0.25) is 0 Å². The normalized spacial score (nSPS) is 17.8. The number of nitrogens with one attached hydrogen (secondary N) is 1. The number of hydrogen-bond donors (Lipinski definition) is 2. The van der Waals surface area contributed by atoms with Gasteiger partial charge in [-0.2, -0.15) is 4.98 Å². The van der Waals surface area contributed by atoms with Gasteiger partial charge in [0.15, 0.2) is 0 Å². The van der Waals surface area contributed by atoms with Gasteiger partial charge in [0.05, 0.1) is 18.1 Å². The highest BCUT2D eigenvalue weighted by atomic mass is 32.2. The number of allylic oxidation sites excluding steroid dienone is 1. The van der Waals surface area contributed by atoms with E-state index in [-0.39, 0.29) is 0 Å². The lowest BCUT2D eigenvalue weighted by molar-refractivity contribution is -0.115. The zero-order valence-electron chi connectivity index (χ0n) is 11.0. The molecule has 1 atom stereocenters. The van der Waals surface area contributed by atoms with Crippen LogP contribution in [0, 0.1) is 0 Å². The summed E-state index contributed by atoms with van der Waals surface area (Å²) in [4.78, 5) is 16.1. The van der Waals surface area contributed by atoms with Gasteiger partial charge in [-0.15, -0.1) is 5.10 Å². The van der Waals surface area contributed by atoms with Gasteiger partial charge in [0.2, 0.25) is 17.0 Å². The Morgan fingerprint density at radius 1 is 1.60 bits per heavy atom. The number of fused-ring (bicyclic) bond motifs is 1. The van der Waals surface area contributed by atoms with Crippen molar-refractivity contribution in [2.45, 2.75) is 18.1 Å². The first-order valence-electron chi connectivity index (χ1n) is 5.92. The number of carbonyl (C=O) groups is 1. The molecule has 1 aliphatic rings. The summed E-state index contributed by atoms with van der Waals surface area (Å²) in [5, 5.41) is 8.08. The SMILES string of the molecule is CSc1nc2n(n1)C(c1ccoc1)C(C(N)=O)=C(C)N2. The standard InChI is InChI=1S/C12H13N5O2S/c1-6-8(10(13)18)9(7-3-4-19-5-7)17-11(14-6)15-12(16-17)20-2/h3-5,9H,1-2H3,(H2,13,18)(H,14,15,16). The van der Waals surface area contributed by atoms with E-state index in [1.54, 1.807) is 30.2 Å². The van der Waals surface area contributed by atoms with Crippen LogP contribution in [0.15, 0.2) is 39.4 Å². The van der Waals surface area contributed by atoms with Gasteiger partial charge in [-0.05, 0) is 19.2 Å². The molecule has 0 aromatic carbocycles. The van der Waals surface area contributed by atoms with Crippen molar-refractivity contribution in [2.75, 3.05) is 11.6 Å². The van der Waals surface area contributed by atoms with Crippen LogP contribution in [0.25, 0.3) is 0 Å². The number of nitrogens with zero attached hydrogens (tertiary/aromatic N) is 3. The van der Waals surface area contributed by atoms with Crippen LogP contribution < -0.4 is 11.1 Å². The molecule has 1 aliphatic heterocycles. The third-order valence-electron chi connectivity index (χ3n) is 3.14. The van der Waals surface area contributed by atoms with E-state index < -0.39 is 11.9 Å². The number of primary amides is 1. The zero-order valence-corrected chi connectivity index (χ0v) is 11.8.